The highest BCUT2D eigenvalue weighted by Gasteiger charge is 2.28. The molecule has 7 nitrogen and oxygen atoms in total. The molecule has 120 valence electrons. The Morgan fingerprint density at radius 2 is 2.22 bits per heavy atom. The van der Waals surface area contributed by atoms with Gasteiger partial charge in [0.2, 0.25) is 0 Å². The third-order valence-electron chi connectivity index (χ3n) is 3.85. The van der Waals surface area contributed by atoms with Crippen LogP contribution in [0.2, 0.25) is 0 Å². The van der Waals surface area contributed by atoms with E-state index >= 15 is 0 Å². The molecule has 23 heavy (non-hydrogen) atoms. The van der Waals surface area contributed by atoms with E-state index in [4.69, 9.17) is 9.15 Å². The van der Waals surface area contributed by atoms with E-state index in [2.05, 4.69) is 0 Å². The van der Waals surface area contributed by atoms with Gasteiger partial charge in [-0.3, -0.25) is 14.9 Å². The molecule has 2 aromatic rings. The Morgan fingerprint density at radius 1 is 1.39 bits per heavy atom. The fourth-order valence-electron chi connectivity index (χ4n) is 2.67. The van der Waals surface area contributed by atoms with Gasteiger partial charge in [0.15, 0.2) is 5.78 Å². The summed E-state index contributed by atoms with van der Waals surface area (Å²) in [4.78, 5) is 24.2. The second-order valence-electron chi connectivity index (χ2n) is 5.34. The molecule has 0 saturated carbocycles. The molecule has 1 unspecified atom stereocenters. The minimum atomic E-state index is -0.459. The highest BCUT2D eigenvalue weighted by atomic mass is 16.6. The number of nitro benzene ring substituents is 1. The van der Waals surface area contributed by atoms with Crippen LogP contribution in [0.1, 0.15) is 29.1 Å². The first kappa shape index (κ1) is 15.2. The molecular weight excluding hydrogens is 300 g/mol. The summed E-state index contributed by atoms with van der Waals surface area (Å²) in [7, 11) is 0. The molecule has 1 aromatic heterocycles. The Balaban J connectivity index is 1.91. The number of nitro groups is 1. The molecule has 1 aromatic carbocycles. The normalized spacial score (nSPS) is 18.0. The summed E-state index contributed by atoms with van der Waals surface area (Å²) in [5.41, 5.74) is 0.744. The van der Waals surface area contributed by atoms with E-state index in [-0.39, 0.29) is 17.6 Å². The van der Waals surface area contributed by atoms with Crippen molar-refractivity contribution in [3.63, 3.8) is 0 Å². The maximum absolute atomic E-state index is 11.4. The molecule has 1 saturated heterocycles. The van der Waals surface area contributed by atoms with E-state index in [1.54, 1.807) is 24.5 Å². The monoisotopic (exact) mass is 316 g/mol. The number of nitrogens with zero attached hydrogens (tertiary/aromatic N) is 2. The number of carbonyl (C=O) groups is 1. The van der Waals surface area contributed by atoms with Crippen molar-refractivity contribution in [1.29, 1.82) is 0 Å². The molecule has 0 spiro atoms. The van der Waals surface area contributed by atoms with Crippen LogP contribution in [0.4, 0.5) is 11.4 Å². The summed E-state index contributed by atoms with van der Waals surface area (Å²) >= 11 is 0. The molecule has 1 atom stereocenters. The van der Waals surface area contributed by atoms with E-state index < -0.39 is 4.92 Å². The molecule has 0 aliphatic carbocycles. The lowest BCUT2D eigenvalue weighted by molar-refractivity contribution is -0.384. The second-order valence-corrected chi connectivity index (χ2v) is 5.34. The van der Waals surface area contributed by atoms with E-state index in [9.17, 15) is 14.9 Å². The highest BCUT2D eigenvalue weighted by Crippen LogP contribution is 2.33. The summed E-state index contributed by atoms with van der Waals surface area (Å²) in [5.74, 6) is 0.493. The van der Waals surface area contributed by atoms with Gasteiger partial charge in [0, 0.05) is 18.2 Å². The topological polar surface area (TPSA) is 85.8 Å². The number of Topliss-reactive ketones (excluding diaryl/α,β-unsaturated/α-hetero) is 1. The van der Waals surface area contributed by atoms with Crippen molar-refractivity contribution in [2.24, 2.45) is 0 Å². The molecule has 0 N–H and O–H groups in total. The first-order valence-corrected chi connectivity index (χ1v) is 7.25. The molecular formula is C16H16N2O5. The van der Waals surface area contributed by atoms with Gasteiger partial charge in [-0.15, -0.1) is 0 Å². The Labute approximate surface area is 132 Å². The van der Waals surface area contributed by atoms with Crippen LogP contribution in [0.5, 0.6) is 0 Å². The zero-order valence-corrected chi connectivity index (χ0v) is 12.6. The third-order valence-corrected chi connectivity index (χ3v) is 3.85. The van der Waals surface area contributed by atoms with E-state index in [1.165, 1.54) is 13.0 Å². The van der Waals surface area contributed by atoms with Crippen LogP contribution >= 0.6 is 0 Å². The number of hydrogen-bond acceptors (Lipinski definition) is 6. The summed E-state index contributed by atoms with van der Waals surface area (Å²) in [6.07, 6.45) is 1.30. The number of ketones is 1. The average Bonchev–Trinajstić information content (AvgIpc) is 3.09. The van der Waals surface area contributed by atoms with Crippen LogP contribution in [0.25, 0.3) is 0 Å². The van der Waals surface area contributed by atoms with E-state index in [1.807, 2.05) is 11.0 Å². The summed E-state index contributed by atoms with van der Waals surface area (Å²) in [6.45, 7) is 2.82. The summed E-state index contributed by atoms with van der Waals surface area (Å²) < 4.78 is 11.0. The maximum atomic E-state index is 11.4. The molecule has 7 heteroatoms. The smallest absolute Gasteiger partial charge is 0.293 e. The van der Waals surface area contributed by atoms with Crippen LogP contribution in [0.15, 0.2) is 41.0 Å². The quantitative estimate of drug-likeness (QED) is 0.490. The van der Waals surface area contributed by atoms with Crippen LogP contribution in [-0.4, -0.2) is 30.4 Å². The van der Waals surface area contributed by atoms with E-state index in [0.29, 0.717) is 36.7 Å². The van der Waals surface area contributed by atoms with Crippen molar-refractivity contribution in [2.45, 2.75) is 13.0 Å². The lowest BCUT2D eigenvalue weighted by Crippen LogP contribution is -2.38. The zero-order valence-electron chi connectivity index (χ0n) is 12.6. The van der Waals surface area contributed by atoms with Gasteiger partial charge in [-0.1, -0.05) is 0 Å². The second kappa shape index (κ2) is 6.21. The summed E-state index contributed by atoms with van der Waals surface area (Å²) in [5, 5.41) is 11.4. The van der Waals surface area contributed by atoms with Gasteiger partial charge in [0.05, 0.1) is 24.3 Å². The Morgan fingerprint density at radius 3 is 2.87 bits per heavy atom. The van der Waals surface area contributed by atoms with Gasteiger partial charge < -0.3 is 14.1 Å². The number of rotatable bonds is 4. The Bertz CT molecular complexity index is 726. The Hall–Kier alpha value is -2.67. The van der Waals surface area contributed by atoms with Crippen molar-refractivity contribution < 1.29 is 18.9 Å². The fourth-order valence-corrected chi connectivity index (χ4v) is 2.67. The predicted octanol–water partition coefficient (Wildman–Crippen LogP) is 2.97. The minimum Gasteiger partial charge on any atom is -0.467 e. The van der Waals surface area contributed by atoms with Crippen molar-refractivity contribution in [3.05, 3.63) is 58.0 Å². The van der Waals surface area contributed by atoms with Crippen molar-refractivity contribution in [3.8, 4) is 0 Å². The standard InChI is InChI=1S/C16H16N2O5/c1-11(19)12-4-5-13(14(9-12)18(20)21)17-6-8-23-16(10-17)15-3-2-7-22-15/h2-5,7,9,16H,6,8,10H2,1H3. The summed E-state index contributed by atoms with van der Waals surface area (Å²) in [6, 6.07) is 8.17. The first-order valence-electron chi connectivity index (χ1n) is 7.25. The molecule has 2 heterocycles. The van der Waals surface area contributed by atoms with Gasteiger partial charge in [0.1, 0.15) is 17.6 Å². The minimum absolute atomic E-state index is 0.0715. The zero-order chi connectivity index (χ0) is 16.4. The number of furan rings is 1. The third kappa shape index (κ3) is 3.09. The van der Waals surface area contributed by atoms with E-state index in [0.717, 1.165) is 0 Å². The Kier molecular flexibility index (Phi) is 4.12. The first-order chi connectivity index (χ1) is 11.1. The SMILES string of the molecule is CC(=O)c1ccc(N2CCOC(c3ccco3)C2)c([N+](=O)[O-])c1. The largest absolute Gasteiger partial charge is 0.467 e. The molecule has 0 amide bonds. The maximum Gasteiger partial charge on any atom is 0.293 e. The molecule has 1 aliphatic heterocycles. The van der Waals surface area contributed by atoms with Crippen LogP contribution in [0, 0.1) is 10.1 Å². The number of carbonyl (C=O) groups excluding carboxylic acids is 1. The number of hydrogen-bond donors (Lipinski definition) is 0. The van der Waals surface area contributed by atoms with Crippen molar-refractivity contribution in [2.75, 3.05) is 24.6 Å². The molecule has 1 fully saturated rings. The van der Waals surface area contributed by atoms with Crippen molar-refractivity contribution in [1.82, 2.24) is 0 Å². The molecule has 0 bridgehead atoms. The number of morpholine rings is 1. The van der Waals surface area contributed by atoms with Crippen molar-refractivity contribution >= 4 is 17.2 Å². The van der Waals surface area contributed by atoms with Gasteiger partial charge in [-0.25, -0.2) is 0 Å². The number of ether oxygens (including phenoxy) is 1. The van der Waals surface area contributed by atoms with Crippen LogP contribution in [-0.2, 0) is 4.74 Å². The lowest BCUT2D eigenvalue weighted by Gasteiger charge is -2.33. The highest BCUT2D eigenvalue weighted by molar-refractivity contribution is 5.95. The molecule has 1 aliphatic rings. The fraction of sp³-hybridized carbons (Fsp3) is 0.312. The predicted molar refractivity (Wildman–Crippen MR) is 82.7 cm³/mol. The number of anilines is 1. The number of benzene rings is 1. The molecule has 0 radical (unpaired) electrons. The van der Waals surface area contributed by atoms with Crippen LogP contribution in [0.3, 0.4) is 0 Å². The van der Waals surface area contributed by atoms with Gasteiger partial charge in [0.25, 0.3) is 5.69 Å². The lowest BCUT2D eigenvalue weighted by atomic mass is 10.1. The van der Waals surface area contributed by atoms with Gasteiger partial charge in [-0.05, 0) is 31.2 Å². The van der Waals surface area contributed by atoms with Gasteiger partial charge in [-0.2, -0.15) is 0 Å². The molecule has 3 rings (SSSR count). The van der Waals surface area contributed by atoms with Crippen LogP contribution < -0.4 is 4.90 Å². The van der Waals surface area contributed by atoms with Gasteiger partial charge >= 0.3 is 0 Å². The average molecular weight is 316 g/mol.